The van der Waals surface area contributed by atoms with Gasteiger partial charge in [0.25, 0.3) is 5.56 Å². The van der Waals surface area contributed by atoms with Gasteiger partial charge in [-0.25, -0.2) is 4.98 Å². The highest BCUT2D eigenvalue weighted by molar-refractivity contribution is 9.10. The molecule has 1 aromatic carbocycles. The number of aromatic amines is 1. The third kappa shape index (κ3) is 3.13. The van der Waals surface area contributed by atoms with Gasteiger partial charge in [0.15, 0.2) is 0 Å². The molecular formula is C13H12Br2N2O2. The van der Waals surface area contributed by atoms with Gasteiger partial charge in [-0.05, 0) is 46.6 Å². The van der Waals surface area contributed by atoms with E-state index < -0.39 is 0 Å². The van der Waals surface area contributed by atoms with Gasteiger partial charge in [0.05, 0.1) is 12.3 Å². The largest absolute Gasteiger partial charge is 0.378 e. The van der Waals surface area contributed by atoms with Crippen molar-refractivity contribution in [3.8, 4) is 11.4 Å². The fourth-order valence-electron chi connectivity index (χ4n) is 1.76. The van der Waals surface area contributed by atoms with Crippen molar-refractivity contribution < 1.29 is 4.74 Å². The molecule has 0 radical (unpaired) electrons. The maximum Gasteiger partial charge on any atom is 0.265 e. The summed E-state index contributed by atoms with van der Waals surface area (Å²) in [4.78, 5) is 19.1. The predicted molar refractivity (Wildman–Crippen MR) is 81.1 cm³/mol. The Labute approximate surface area is 127 Å². The van der Waals surface area contributed by atoms with Crippen LogP contribution in [0, 0.1) is 6.92 Å². The SMILES string of the molecule is COCc1nc(-c2ccc(Br)cc2C)[nH]c(=O)c1Br. The molecule has 19 heavy (non-hydrogen) atoms. The summed E-state index contributed by atoms with van der Waals surface area (Å²) in [6.45, 7) is 2.26. The van der Waals surface area contributed by atoms with E-state index in [0.29, 0.717) is 16.0 Å². The minimum absolute atomic E-state index is 0.209. The van der Waals surface area contributed by atoms with Gasteiger partial charge in [-0.15, -0.1) is 0 Å². The molecule has 2 rings (SSSR count). The maximum absolute atomic E-state index is 11.9. The minimum Gasteiger partial charge on any atom is -0.378 e. The van der Waals surface area contributed by atoms with Crippen molar-refractivity contribution in [1.82, 2.24) is 9.97 Å². The average molecular weight is 388 g/mol. The van der Waals surface area contributed by atoms with Gasteiger partial charge in [0, 0.05) is 17.1 Å². The lowest BCUT2D eigenvalue weighted by Crippen LogP contribution is -2.14. The molecule has 0 aliphatic rings. The molecule has 0 unspecified atom stereocenters. The van der Waals surface area contributed by atoms with Gasteiger partial charge in [-0.1, -0.05) is 15.9 Å². The van der Waals surface area contributed by atoms with Crippen LogP contribution in [0.4, 0.5) is 0 Å². The van der Waals surface area contributed by atoms with Gasteiger partial charge in [-0.2, -0.15) is 0 Å². The Balaban J connectivity index is 2.59. The number of nitrogens with zero attached hydrogens (tertiary/aromatic N) is 1. The molecular weight excluding hydrogens is 376 g/mol. The monoisotopic (exact) mass is 386 g/mol. The van der Waals surface area contributed by atoms with Crippen LogP contribution in [0.25, 0.3) is 11.4 Å². The molecule has 0 bridgehead atoms. The average Bonchev–Trinajstić information content (AvgIpc) is 2.35. The van der Waals surface area contributed by atoms with Crippen molar-refractivity contribution in [1.29, 1.82) is 0 Å². The molecule has 0 atom stereocenters. The number of halogens is 2. The van der Waals surface area contributed by atoms with Crippen LogP contribution in [0.5, 0.6) is 0 Å². The van der Waals surface area contributed by atoms with Crippen LogP contribution >= 0.6 is 31.9 Å². The van der Waals surface area contributed by atoms with E-state index in [0.717, 1.165) is 15.6 Å². The minimum atomic E-state index is -0.209. The number of hydrogen-bond acceptors (Lipinski definition) is 3. The van der Waals surface area contributed by atoms with Crippen LogP contribution in [-0.2, 0) is 11.3 Å². The summed E-state index contributed by atoms with van der Waals surface area (Å²) in [5.41, 5.74) is 2.30. The van der Waals surface area contributed by atoms with Gasteiger partial charge in [0.2, 0.25) is 0 Å². The van der Waals surface area contributed by atoms with Crippen LogP contribution in [-0.4, -0.2) is 17.1 Å². The number of rotatable bonds is 3. The standard InChI is InChI=1S/C13H12Br2N2O2/c1-7-5-8(14)3-4-9(7)12-16-10(6-19-2)11(15)13(18)17-12/h3-5H,6H2,1-2H3,(H,16,17,18). The Morgan fingerprint density at radius 2 is 2.11 bits per heavy atom. The topological polar surface area (TPSA) is 55.0 Å². The van der Waals surface area contributed by atoms with Crippen molar-refractivity contribution in [3.05, 3.63) is 48.8 Å². The van der Waals surface area contributed by atoms with Gasteiger partial charge in [-0.3, -0.25) is 4.79 Å². The third-order valence-electron chi connectivity index (χ3n) is 2.66. The summed E-state index contributed by atoms with van der Waals surface area (Å²) in [6.07, 6.45) is 0. The van der Waals surface area contributed by atoms with E-state index in [1.54, 1.807) is 7.11 Å². The van der Waals surface area contributed by atoms with Crippen molar-refractivity contribution in [3.63, 3.8) is 0 Å². The molecule has 4 nitrogen and oxygen atoms in total. The highest BCUT2D eigenvalue weighted by Crippen LogP contribution is 2.24. The number of ether oxygens (including phenoxy) is 1. The number of methoxy groups -OCH3 is 1. The van der Waals surface area contributed by atoms with E-state index in [4.69, 9.17) is 4.74 Å². The van der Waals surface area contributed by atoms with Crippen molar-refractivity contribution in [2.45, 2.75) is 13.5 Å². The molecule has 1 aromatic heterocycles. The molecule has 0 saturated heterocycles. The van der Waals surface area contributed by atoms with E-state index >= 15 is 0 Å². The maximum atomic E-state index is 11.9. The van der Waals surface area contributed by atoms with E-state index in [2.05, 4.69) is 41.8 Å². The smallest absolute Gasteiger partial charge is 0.265 e. The highest BCUT2D eigenvalue weighted by Gasteiger charge is 2.11. The summed E-state index contributed by atoms with van der Waals surface area (Å²) in [5, 5.41) is 0. The number of aryl methyl sites for hydroxylation is 1. The lowest BCUT2D eigenvalue weighted by Gasteiger charge is -2.08. The molecule has 6 heteroatoms. The van der Waals surface area contributed by atoms with Crippen LogP contribution in [0.2, 0.25) is 0 Å². The first-order chi connectivity index (χ1) is 9.02. The first-order valence-electron chi connectivity index (χ1n) is 5.57. The number of aromatic nitrogens is 2. The molecule has 100 valence electrons. The van der Waals surface area contributed by atoms with Crippen molar-refractivity contribution >= 4 is 31.9 Å². The van der Waals surface area contributed by atoms with Crippen LogP contribution < -0.4 is 5.56 Å². The quantitative estimate of drug-likeness (QED) is 0.877. The summed E-state index contributed by atoms with van der Waals surface area (Å²) >= 11 is 6.64. The second kappa shape index (κ2) is 5.98. The number of nitrogens with one attached hydrogen (secondary N) is 1. The Bertz CT molecular complexity index is 668. The molecule has 0 aliphatic carbocycles. The Hall–Kier alpha value is -0.980. The van der Waals surface area contributed by atoms with Gasteiger partial charge < -0.3 is 9.72 Å². The highest BCUT2D eigenvalue weighted by atomic mass is 79.9. The Morgan fingerprint density at radius 3 is 2.74 bits per heavy atom. The molecule has 1 heterocycles. The summed E-state index contributed by atoms with van der Waals surface area (Å²) in [5.74, 6) is 0.547. The summed E-state index contributed by atoms with van der Waals surface area (Å²) in [6, 6.07) is 5.82. The van der Waals surface area contributed by atoms with Crippen LogP contribution in [0.3, 0.4) is 0 Å². The van der Waals surface area contributed by atoms with E-state index in [9.17, 15) is 4.79 Å². The number of benzene rings is 1. The fraction of sp³-hybridized carbons (Fsp3) is 0.231. The lowest BCUT2D eigenvalue weighted by molar-refractivity contribution is 0.180. The van der Waals surface area contributed by atoms with Crippen LogP contribution in [0.1, 0.15) is 11.3 Å². The molecule has 0 saturated carbocycles. The zero-order valence-corrected chi connectivity index (χ0v) is 13.6. The van der Waals surface area contributed by atoms with Gasteiger partial charge >= 0.3 is 0 Å². The van der Waals surface area contributed by atoms with Crippen LogP contribution in [0.15, 0.2) is 31.9 Å². The molecule has 1 N–H and O–H groups in total. The molecule has 0 spiro atoms. The lowest BCUT2D eigenvalue weighted by atomic mass is 10.1. The second-order valence-electron chi connectivity index (χ2n) is 4.07. The third-order valence-corrected chi connectivity index (χ3v) is 3.97. The Kier molecular flexibility index (Phi) is 4.54. The predicted octanol–water partition coefficient (Wildman–Crippen LogP) is 3.42. The van der Waals surface area contributed by atoms with Crippen molar-refractivity contribution in [2.24, 2.45) is 0 Å². The molecule has 0 amide bonds. The second-order valence-corrected chi connectivity index (χ2v) is 5.78. The first kappa shape index (κ1) is 14.4. The first-order valence-corrected chi connectivity index (χ1v) is 7.15. The van der Waals surface area contributed by atoms with E-state index in [1.807, 2.05) is 25.1 Å². The fourth-order valence-corrected chi connectivity index (χ4v) is 2.54. The van der Waals surface area contributed by atoms with Gasteiger partial charge in [0.1, 0.15) is 10.3 Å². The van der Waals surface area contributed by atoms with Crippen molar-refractivity contribution in [2.75, 3.05) is 7.11 Å². The van der Waals surface area contributed by atoms with E-state index in [1.165, 1.54) is 0 Å². The zero-order chi connectivity index (χ0) is 14.0. The van der Waals surface area contributed by atoms with E-state index in [-0.39, 0.29) is 12.2 Å². The summed E-state index contributed by atoms with van der Waals surface area (Å²) in [7, 11) is 1.57. The Morgan fingerprint density at radius 1 is 1.37 bits per heavy atom. The normalized spacial score (nSPS) is 10.7. The number of H-pyrrole nitrogens is 1. The molecule has 2 aromatic rings. The summed E-state index contributed by atoms with van der Waals surface area (Å²) < 4.78 is 6.45. The molecule has 0 fully saturated rings. The molecule has 0 aliphatic heterocycles. The zero-order valence-electron chi connectivity index (χ0n) is 10.5. The number of hydrogen-bond donors (Lipinski definition) is 1.